The van der Waals surface area contributed by atoms with Crippen LogP contribution in [0.3, 0.4) is 0 Å². The average molecular weight is 249 g/mol. The molecule has 3 amide bonds. The molecule has 2 heterocycles. The smallest absolute Gasteiger partial charge is 0.349 e. The number of hydrogen-bond acceptors (Lipinski definition) is 4. The van der Waals surface area contributed by atoms with Gasteiger partial charge < -0.3 is 10.0 Å². The zero-order chi connectivity index (χ0) is 13.1. The Morgan fingerprint density at radius 2 is 2.39 bits per heavy atom. The molecule has 1 fully saturated rings. The highest BCUT2D eigenvalue weighted by Gasteiger charge is 2.22. The fourth-order valence-corrected chi connectivity index (χ4v) is 1.39. The second-order valence-corrected chi connectivity index (χ2v) is 3.65. The molecule has 1 saturated heterocycles. The van der Waals surface area contributed by atoms with Crippen LogP contribution in [-0.2, 0) is 4.79 Å². The Labute approximate surface area is 102 Å². The molecule has 0 bridgehead atoms. The van der Waals surface area contributed by atoms with Gasteiger partial charge in [0.2, 0.25) is 17.7 Å². The monoisotopic (exact) mass is 249 g/mol. The van der Waals surface area contributed by atoms with Gasteiger partial charge in [0.25, 0.3) is 0 Å². The lowest BCUT2D eigenvalue weighted by atomic mass is 10.4. The van der Waals surface area contributed by atoms with Gasteiger partial charge >= 0.3 is 6.03 Å². The van der Waals surface area contributed by atoms with Crippen LogP contribution < -0.4 is 10.6 Å². The van der Waals surface area contributed by atoms with E-state index in [4.69, 9.17) is 5.11 Å². The van der Waals surface area contributed by atoms with E-state index in [1.165, 1.54) is 23.1 Å². The fraction of sp³-hybridized carbons (Fsp3) is 0.200. The standard InChI is InChI=1S/C10H11N5O3/c1-15-5-8(17)13-9(15)14-10(18)12-6-3-2-4-7(16)11-6/h2-4H,5H2,1H3,(H3,11,12,13,14,16,17,18). The van der Waals surface area contributed by atoms with E-state index in [-0.39, 0.29) is 30.1 Å². The van der Waals surface area contributed by atoms with Crippen LogP contribution >= 0.6 is 0 Å². The number of guanidine groups is 1. The van der Waals surface area contributed by atoms with Gasteiger partial charge in [0.05, 0.1) is 6.54 Å². The van der Waals surface area contributed by atoms with Crippen LogP contribution in [0.4, 0.5) is 10.6 Å². The van der Waals surface area contributed by atoms with Crippen molar-refractivity contribution >= 4 is 23.7 Å². The molecule has 1 aromatic rings. The van der Waals surface area contributed by atoms with Gasteiger partial charge in [-0.1, -0.05) is 6.07 Å². The van der Waals surface area contributed by atoms with E-state index in [1.807, 2.05) is 0 Å². The number of pyridine rings is 1. The number of aliphatic imine (C=N–C) groups is 1. The van der Waals surface area contributed by atoms with Gasteiger partial charge in [-0.05, 0) is 6.07 Å². The molecule has 18 heavy (non-hydrogen) atoms. The van der Waals surface area contributed by atoms with Crippen molar-refractivity contribution in [2.45, 2.75) is 0 Å². The summed E-state index contributed by atoms with van der Waals surface area (Å²) < 4.78 is 0. The molecule has 1 aliphatic heterocycles. The second-order valence-electron chi connectivity index (χ2n) is 3.65. The first-order chi connectivity index (χ1) is 8.54. The van der Waals surface area contributed by atoms with Crippen molar-refractivity contribution in [3.63, 3.8) is 0 Å². The van der Waals surface area contributed by atoms with Crippen molar-refractivity contribution < 1.29 is 14.7 Å². The van der Waals surface area contributed by atoms with E-state index in [9.17, 15) is 9.59 Å². The summed E-state index contributed by atoms with van der Waals surface area (Å²) in [5.41, 5.74) is 0. The minimum Gasteiger partial charge on any atom is -0.493 e. The van der Waals surface area contributed by atoms with Crippen LogP contribution in [0, 0.1) is 0 Å². The quantitative estimate of drug-likeness (QED) is 0.635. The Morgan fingerprint density at radius 3 is 3.00 bits per heavy atom. The van der Waals surface area contributed by atoms with Gasteiger partial charge in [-0.2, -0.15) is 9.98 Å². The highest BCUT2D eigenvalue weighted by atomic mass is 16.3. The Bertz CT molecular complexity index is 528. The molecule has 3 N–H and O–H groups in total. The van der Waals surface area contributed by atoms with E-state index in [0.29, 0.717) is 0 Å². The molecule has 0 saturated carbocycles. The summed E-state index contributed by atoms with van der Waals surface area (Å²) in [5.74, 6) is -0.0692. The maximum absolute atomic E-state index is 11.5. The van der Waals surface area contributed by atoms with Crippen LogP contribution in [-0.4, -0.2) is 46.5 Å². The van der Waals surface area contributed by atoms with Crippen LogP contribution in [0.5, 0.6) is 5.88 Å². The number of rotatable bonds is 1. The minimum atomic E-state index is -0.683. The zero-order valence-electron chi connectivity index (χ0n) is 9.54. The third-order valence-corrected chi connectivity index (χ3v) is 2.17. The fourth-order valence-electron chi connectivity index (χ4n) is 1.39. The number of anilines is 1. The SMILES string of the molecule is CN1CC(=O)NC1=NC(=O)Nc1cccc(O)n1. The van der Waals surface area contributed by atoms with Gasteiger partial charge in [-0.25, -0.2) is 4.79 Å². The lowest BCUT2D eigenvalue weighted by Gasteiger charge is -2.08. The van der Waals surface area contributed by atoms with Crippen LogP contribution in [0.15, 0.2) is 23.2 Å². The molecule has 2 rings (SSSR count). The average Bonchev–Trinajstić information content (AvgIpc) is 2.57. The summed E-state index contributed by atoms with van der Waals surface area (Å²) in [6.07, 6.45) is 0. The summed E-state index contributed by atoms with van der Waals surface area (Å²) in [5, 5.41) is 13.9. The lowest BCUT2D eigenvalue weighted by Crippen LogP contribution is -2.29. The minimum absolute atomic E-state index is 0.163. The molecule has 0 unspecified atom stereocenters. The van der Waals surface area contributed by atoms with E-state index in [1.54, 1.807) is 7.05 Å². The summed E-state index contributed by atoms with van der Waals surface area (Å²) in [4.78, 5) is 31.4. The molecule has 8 nitrogen and oxygen atoms in total. The van der Waals surface area contributed by atoms with Crippen LogP contribution in [0.1, 0.15) is 0 Å². The molecule has 0 aromatic carbocycles. The van der Waals surface area contributed by atoms with Crippen molar-refractivity contribution in [2.75, 3.05) is 18.9 Å². The number of carbonyl (C=O) groups excluding carboxylic acids is 2. The number of carbonyl (C=O) groups is 2. The number of nitrogens with one attached hydrogen (secondary N) is 2. The van der Waals surface area contributed by atoms with Crippen molar-refractivity contribution in [2.24, 2.45) is 4.99 Å². The second kappa shape index (κ2) is 4.70. The lowest BCUT2D eigenvalue weighted by molar-refractivity contribution is -0.118. The molecule has 0 spiro atoms. The first kappa shape index (κ1) is 11.8. The number of likely N-dealkylation sites (N-methyl/N-ethyl adjacent to an activating group) is 1. The number of hydrogen-bond donors (Lipinski definition) is 3. The third-order valence-electron chi connectivity index (χ3n) is 2.17. The molecular formula is C10H11N5O3. The van der Waals surface area contributed by atoms with E-state index in [2.05, 4.69) is 20.6 Å². The van der Waals surface area contributed by atoms with E-state index >= 15 is 0 Å². The number of nitrogens with zero attached hydrogens (tertiary/aromatic N) is 3. The molecule has 0 radical (unpaired) electrons. The largest absolute Gasteiger partial charge is 0.493 e. The van der Waals surface area contributed by atoms with Gasteiger partial charge in [0.15, 0.2) is 0 Å². The number of aromatic hydroxyl groups is 1. The number of aromatic nitrogens is 1. The Morgan fingerprint density at radius 1 is 1.61 bits per heavy atom. The van der Waals surface area contributed by atoms with Crippen molar-refractivity contribution in [3.8, 4) is 5.88 Å². The number of urea groups is 1. The molecular weight excluding hydrogens is 238 g/mol. The summed E-state index contributed by atoms with van der Waals surface area (Å²) in [6.45, 7) is 0.163. The Balaban J connectivity index is 2.05. The van der Waals surface area contributed by atoms with E-state index < -0.39 is 6.03 Å². The predicted octanol–water partition coefficient (Wildman–Crippen LogP) is -0.263. The summed E-state index contributed by atoms with van der Waals surface area (Å²) in [6, 6.07) is 3.74. The zero-order valence-corrected chi connectivity index (χ0v) is 9.54. The third kappa shape index (κ3) is 2.73. The highest BCUT2D eigenvalue weighted by Crippen LogP contribution is 2.09. The van der Waals surface area contributed by atoms with E-state index in [0.717, 1.165) is 0 Å². The maximum Gasteiger partial charge on any atom is 0.349 e. The maximum atomic E-state index is 11.5. The topological polar surface area (TPSA) is 107 Å². The first-order valence-electron chi connectivity index (χ1n) is 5.11. The van der Waals surface area contributed by atoms with Gasteiger partial charge in [0, 0.05) is 13.1 Å². The van der Waals surface area contributed by atoms with Crippen molar-refractivity contribution in [1.29, 1.82) is 0 Å². The van der Waals surface area contributed by atoms with Crippen molar-refractivity contribution in [3.05, 3.63) is 18.2 Å². The van der Waals surface area contributed by atoms with Crippen LogP contribution in [0.25, 0.3) is 0 Å². The summed E-state index contributed by atoms with van der Waals surface area (Å²) in [7, 11) is 1.64. The Hall–Kier alpha value is -2.64. The summed E-state index contributed by atoms with van der Waals surface area (Å²) >= 11 is 0. The normalized spacial score (nSPS) is 16.8. The predicted molar refractivity (Wildman–Crippen MR) is 63.1 cm³/mol. The molecule has 8 heteroatoms. The van der Waals surface area contributed by atoms with Crippen LogP contribution in [0.2, 0.25) is 0 Å². The molecule has 1 aromatic heterocycles. The van der Waals surface area contributed by atoms with Gasteiger partial charge in [-0.15, -0.1) is 0 Å². The molecule has 0 atom stereocenters. The first-order valence-corrected chi connectivity index (χ1v) is 5.11. The molecule has 0 aliphatic carbocycles. The highest BCUT2D eigenvalue weighted by molar-refractivity contribution is 6.09. The molecule has 1 aliphatic rings. The Kier molecular flexibility index (Phi) is 3.09. The van der Waals surface area contributed by atoms with Crippen molar-refractivity contribution in [1.82, 2.24) is 15.2 Å². The number of amides is 3. The van der Waals surface area contributed by atoms with Gasteiger partial charge in [0.1, 0.15) is 5.82 Å². The van der Waals surface area contributed by atoms with Gasteiger partial charge in [-0.3, -0.25) is 15.4 Å². The molecule has 94 valence electrons.